The van der Waals surface area contributed by atoms with Crippen molar-refractivity contribution < 1.29 is 14.7 Å². The number of hydrogen-bond acceptors (Lipinski definition) is 3. The second-order valence-corrected chi connectivity index (χ2v) is 8.95. The SMILES string of the molecule is C[C@]12CC[C@H](O)C[C@@H]1C(=O)C[C@H]1[C@H]3CCC(=O)[C@@]3(C)CC[C@@H]12. The molecule has 4 saturated carbocycles. The van der Waals surface area contributed by atoms with Gasteiger partial charge in [-0.1, -0.05) is 13.8 Å². The Morgan fingerprint density at radius 2 is 1.82 bits per heavy atom. The summed E-state index contributed by atoms with van der Waals surface area (Å²) in [5.41, 5.74) is -0.0922. The van der Waals surface area contributed by atoms with E-state index >= 15 is 0 Å². The Labute approximate surface area is 132 Å². The fraction of sp³-hybridized carbons (Fsp3) is 0.895. The van der Waals surface area contributed by atoms with Crippen molar-refractivity contribution in [1.82, 2.24) is 0 Å². The smallest absolute Gasteiger partial charge is 0.139 e. The molecule has 0 aromatic heterocycles. The normalized spacial score (nSPS) is 54.6. The van der Waals surface area contributed by atoms with Crippen LogP contribution < -0.4 is 0 Å². The van der Waals surface area contributed by atoms with Crippen molar-refractivity contribution in [3.05, 3.63) is 0 Å². The number of rotatable bonds is 0. The molecule has 0 bridgehead atoms. The number of aliphatic hydroxyl groups is 1. The summed E-state index contributed by atoms with van der Waals surface area (Å²) in [7, 11) is 0. The molecule has 0 spiro atoms. The summed E-state index contributed by atoms with van der Waals surface area (Å²) in [4.78, 5) is 25.2. The van der Waals surface area contributed by atoms with Gasteiger partial charge < -0.3 is 5.11 Å². The van der Waals surface area contributed by atoms with E-state index in [0.29, 0.717) is 42.2 Å². The van der Waals surface area contributed by atoms with E-state index in [1.807, 2.05) is 0 Å². The molecule has 0 amide bonds. The molecule has 3 heteroatoms. The first-order valence-corrected chi connectivity index (χ1v) is 9.10. The molecule has 7 atom stereocenters. The maximum absolute atomic E-state index is 12.8. The van der Waals surface area contributed by atoms with E-state index in [0.717, 1.165) is 38.5 Å². The van der Waals surface area contributed by atoms with Crippen LogP contribution in [0.2, 0.25) is 0 Å². The monoisotopic (exact) mass is 304 g/mol. The van der Waals surface area contributed by atoms with Gasteiger partial charge in [-0.2, -0.15) is 0 Å². The number of ketones is 2. The minimum absolute atomic E-state index is 0.0546. The number of carbonyl (C=O) groups is 2. The quantitative estimate of drug-likeness (QED) is 0.748. The van der Waals surface area contributed by atoms with Crippen LogP contribution in [0.5, 0.6) is 0 Å². The highest BCUT2D eigenvalue weighted by molar-refractivity contribution is 5.88. The second kappa shape index (κ2) is 4.66. The van der Waals surface area contributed by atoms with E-state index in [-0.39, 0.29) is 22.9 Å². The molecule has 22 heavy (non-hydrogen) atoms. The summed E-state index contributed by atoms with van der Waals surface area (Å²) >= 11 is 0. The van der Waals surface area contributed by atoms with Crippen LogP contribution in [0.15, 0.2) is 0 Å². The lowest BCUT2D eigenvalue weighted by molar-refractivity contribution is -0.160. The van der Waals surface area contributed by atoms with Gasteiger partial charge in [-0.15, -0.1) is 0 Å². The van der Waals surface area contributed by atoms with E-state index < -0.39 is 0 Å². The predicted octanol–water partition coefficient (Wildman–Crippen LogP) is 3.14. The van der Waals surface area contributed by atoms with E-state index in [4.69, 9.17) is 0 Å². The van der Waals surface area contributed by atoms with Gasteiger partial charge in [0.1, 0.15) is 11.6 Å². The fourth-order valence-electron chi connectivity index (χ4n) is 6.79. The molecule has 0 heterocycles. The highest BCUT2D eigenvalue weighted by Gasteiger charge is 2.62. The summed E-state index contributed by atoms with van der Waals surface area (Å²) in [6.07, 6.45) is 6.67. The molecule has 0 radical (unpaired) electrons. The zero-order valence-electron chi connectivity index (χ0n) is 13.8. The third kappa shape index (κ3) is 1.78. The Bertz CT molecular complexity index is 527. The molecule has 3 nitrogen and oxygen atoms in total. The number of hydrogen-bond donors (Lipinski definition) is 1. The predicted molar refractivity (Wildman–Crippen MR) is 83.1 cm³/mol. The van der Waals surface area contributed by atoms with Crippen molar-refractivity contribution in [2.75, 3.05) is 0 Å². The number of Topliss-reactive ketones (excluding diaryl/α,β-unsaturated/α-hetero) is 2. The Morgan fingerprint density at radius 1 is 1.05 bits per heavy atom. The topological polar surface area (TPSA) is 54.4 Å². The molecule has 1 N–H and O–H groups in total. The molecule has 0 saturated heterocycles. The third-order valence-electron chi connectivity index (χ3n) is 8.14. The molecule has 4 rings (SSSR count). The van der Waals surface area contributed by atoms with Crippen LogP contribution in [0.1, 0.15) is 65.2 Å². The molecular formula is C19H28O3. The fourth-order valence-corrected chi connectivity index (χ4v) is 6.79. The minimum atomic E-state index is -0.291. The Morgan fingerprint density at radius 3 is 2.59 bits per heavy atom. The van der Waals surface area contributed by atoms with Gasteiger partial charge in [-0.05, 0) is 61.7 Å². The van der Waals surface area contributed by atoms with Gasteiger partial charge >= 0.3 is 0 Å². The zero-order valence-corrected chi connectivity index (χ0v) is 13.8. The van der Waals surface area contributed by atoms with Crippen LogP contribution in [0.4, 0.5) is 0 Å². The Balaban J connectivity index is 1.69. The van der Waals surface area contributed by atoms with Crippen molar-refractivity contribution in [2.45, 2.75) is 71.3 Å². The molecule has 0 aromatic rings. The first-order valence-electron chi connectivity index (χ1n) is 9.10. The third-order valence-corrected chi connectivity index (χ3v) is 8.14. The van der Waals surface area contributed by atoms with E-state index in [1.54, 1.807) is 0 Å². The van der Waals surface area contributed by atoms with Crippen LogP contribution >= 0.6 is 0 Å². The first-order chi connectivity index (χ1) is 10.4. The maximum Gasteiger partial charge on any atom is 0.139 e. The van der Waals surface area contributed by atoms with Gasteiger partial charge in [0.05, 0.1) is 6.10 Å². The summed E-state index contributed by atoms with van der Waals surface area (Å²) in [6, 6.07) is 0. The molecule has 122 valence electrons. The first kappa shape index (κ1) is 14.9. The lowest BCUT2D eigenvalue weighted by Gasteiger charge is -2.59. The number of aliphatic hydroxyl groups excluding tert-OH is 1. The lowest BCUT2D eigenvalue weighted by Crippen LogP contribution is -2.57. The van der Waals surface area contributed by atoms with Gasteiger partial charge in [0.25, 0.3) is 0 Å². The second-order valence-electron chi connectivity index (χ2n) is 8.95. The van der Waals surface area contributed by atoms with Crippen LogP contribution in [-0.4, -0.2) is 22.8 Å². The maximum atomic E-state index is 12.8. The largest absolute Gasteiger partial charge is 0.393 e. The average Bonchev–Trinajstić information content (AvgIpc) is 2.77. The van der Waals surface area contributed by atoms with Gasteiger partial charge in [0.15, 0.2) is 0 Å². The molecule has 0 aliphatic heterocycles. The van der Waals surface area contributed by atoms with Gasteiger partial charge in [-0.3, -0.25) is 9.59 Å². The van der Waals surface area contributed by atoms with Gasteiger partial charge in [0.2, 0.25) is 0 Å². The van der Waals surface area contributed by atoms with Crippen LogP contribution in [0.3, 0.4) is 0 Å². The van der Waals surface area contributed by atoms with Crippen molar-refractivity contribution in [3.63, 3.8) is 0 Å². The van der Waals surface area contributed by atoms with Gasteiger partial charge in [-0.25, -0.2) is 0 Å². The Hall–Kier alpha value is -0.700. The highest BCUT2D eigenvalue weighted by atomic mass is 16.3. The molecular weight excluding hydrogens is 276 g/mol. The van der Waals surface area contributed by atoms with Gasteiger partial charge in [0, 0.05) is 24.2 Å². The molecule has 0 unspecified atom stereocenters. The van der Waals surface area contributed by atoms with Crippen molar-refractivity contribution in [3.8, 4) is 0 Å². The van der Waals surface area contributed by atoms with Crippen LogP contribution in [0.25, 0.3) is 0 Å². The van der Waals surface area contributed by atoms with E-state index in [1.165, 1.54) is 0 Å². The van der Waals surface area contributed by atoms with Crippen molar-refractivity contribution in [1.29, 1.82) is 0 Å². The summed E-state index contributed by atoms with van der Waals surface area (Å²) < 4.78 is 0. The number of carbonyl (C=O) groups excluding carboxylic acids is 2. The summed E-state index contributed by atoms with van der Waals surface area (Å²) in [6.45, 7) is 4.46. The van der Waals surface area contributed by atoms with Crippen LogP contribution in [-0.2, 0) is 9.59 Å². The Kier molecular flexibility index (Phi) is 3.15. The molecule has 0 aromatic carbocycles. The highest BCUT2D eigenvalue weighted by Crippen LogP contribution is 2.64. The summed E-state index contributed by atoms with van der Waals surface area (Å²) in [5, 5.41) is 10.0. The zero-order chi connectivity index (χ0) is 15.7. The van der Waals surface area contributed by atoms with Crippen molar-refractivity contribution in [2.24, 2.45) is 34.5 Å². The average molecular weight is 304 g/mol. The van der Waals surface area contributed by atoms with Crippen molar-refractivity contribution >= 4 is 11.6 Å². The van der Waals surface area contributed by atoms with Crippen LogP contribution in [0, 0.1) is 34.5 Å². The summed E-state index contributed by atoms with van der Waals surface area (Å²) in [5.74, 6) is 2.27. The lowest BCUT2D eigenvalue weighted by atomic mass is 9.45. The van der Waals surface area contributed by atoms with E-state index in [9.17, 15) is 14.7 Å². The minimum Gasteiger partial charge on any atom is -0.393 e. The number of fused-ring (bicyclic) bond motifs is 5. The standard InChI is InChI=1S/C19H28O3/c1-18-7-5-11(20)9-15(18)16(21)10-12-13-3-4-17(22)19(13,2)8-6-14(12)18/h11-15,20H,3-10H2,1-2H3/t11-,12-,13+,14-,15+,18+,19-/m0/s1. The molecule has 4 fully saturated rings. The molecule has 4 aliphatic rings. The molecule has 4 aliphatic carbocycles. The van der Waals surface area contributed by atoms with E-state index in [2.05, 4.69) is 13.8 Å².